The van der Waals surface area contributed by atoms with Gasteiger partial charge in [-0.1, -0.05) is 0 Å². The third kappa shape index (κ3) is 3.20. The van der Waals surface area contributed by atoms with Gasteiger partial charge in [-0.3, -0.25) is 9.36 Å². The van der Waals surface area contributed by atoms with Crippen LogP contribution in [0.2, 0.25) is 0 Å². The van der Waals surface area contributed by atoms with Gasteiger partial charge in [-0.25, -0.2) is 4.98 Å². The molecule has 2 aromatic heterocycles. The average Bonchev–Trinajstić information content (AvgIpc) is 2.96. The largest absolute Gasteiger partial charge is 0.308 e. The summed E-state index contributed by atoms with van der Waals surface area (Å²) < 4.78 is 3.89. The van der Waals surface area contributed by atoms with Gasteiger partial charge in [-0.05, 0) is 27.7 Å². The van der Waals surface area contributed by atoms with Crippen LogP contribution >= 0.6 is 0 Å². The van der Waals surface area contributed by atoms with Gasteiger partial charge in [0, 0.05) is 30.4 Å². The van der Waals surface area contributed by atoms with Crippen molar-refractivity contribution in [3.63, 3.8) is 0 Å². The minimum atomic E-state index is 0.338. The van der Waals surface area contributed by atoms with Crippen LogP contribution in [-0.2, 0) is 19.6 Å². The summed E-state index contributed by atoms with van der Waals surface area (Å²) in [5.41, 5.74) is 3.66. The van der Waals surface area contributed by atoms with Gasteiger partial charge in [-0.2, -0.15) is 10.2 Å². The first-order chi connectivity index (χ1) is 9.11. The Bertz CT molecular complexity index is 513. The fourth-order valence-corrected chi connectivity index (χ4v) is 2.25. The van der Waals surface area contributed by atoms with Crippen LogP contribution in [0.1, 0.15) is 30.8 Å². The minimum absolute atomic E-state index is 0.338. The van der Waals surface area contributed by atoms with E-state index in [-0.39, 0.29) is 0 Å². The van der Waals surface area contributed by atoms with E-state index in [1.807, 2.05) is 4.68 Å². The molecule has 0 aliphatic heterocycles. The highest BCUT2D eigenvalue weighted by molar-refractivity contribution is 5.24. The molecule has 0 amide bonds. The Morgan fingerprint density at radius 1 is 1.37 bits per heavy atom. The smallest absolute Gasteiger partial charge is 0.137 e. The van der Waals surface area contributed by atoms with Crippen molar-refractivity contribution in [2.75, 3.05) is 0 Å². The molecule has 0 saturated carbocycles. The number of hydrogen-bond acceptors (Lipinski definition) is 4. The summed E-state index contributed by atoms with van der Waals surface area (Å²) in [5, 5.41) is 12.2. The topological polar surface area (TPSA) is 60.6 Å². The molecule has 0 fully saturated rings. The lowest BCUT2D eigenvalue weighted by Gasteiger charge is -2.13. The van der Waals surface area contributed by atoms with E-state index >= 15 is 0 Å². The molecule has 2 heterocycles. The lowest BCUT2D eigenvalue weighted by molar-refractivity contribution is 0.449. The normalized spacial score (nSPS) is 12.8. The van der Waals surface area contributed by atoms with Crippen molar-refractivity contribution in [1.82, 2.24) is 29.9 Å². The molecule has 0 radical (unpaired) electrons. The number of aromatic nitrogens is 5. The van der Waals surface area contributed by atoms with Gasteiger partial charge in [0.25, 0.3) is 0 Å². The number of rotatable bonds is 6. The van der Waals surface area contributed by atoms with E-state index in [1.165, 1.54) is 11.3 Å². The lowest BCUT2D eigenvalue weighted by Crippen LogP contribution is -2.30. The van der Waals surface area contributed by atoms with Crippen molar-refractivity contribution in [3.8, 4) is 0 Å². The number of nitrogens with zero attached hydrogens (tertiary/aromatic N) is 5. The maximum atomic E-state index is 4.53. The summed E-state index contributed by atoms with van der Waals surface area (Å²) in [4.78, 5) is 3.95. The monoisotopic (exact) mass is 262 g/mol. The minimum Gasteiger partial charge on any atom is -0.308 e. The van der Waals surface area contributed by atoms with E-state index in [0.717, 1.165) is 25.3 Å². The molecule has 0 bridgehead atoms. The first-order valence-corrected chi connectivity index (χ1v) is 6.70. The Morgan fingerprint density at radius 2 is 2.16 bits per heavy atom. The van der Waals surface area contributed by atoms with Crippen LogP contribution in [0.3, 0.4) is 0 Å². The van der Waals surface area contributed by atoms with Gasteiger partial charge >= 0.3 is 0 Å². The van der Waals surface area contributed by atoms with Crippen LogP contribution in [0.15, 0.2) is 12.7 Å². The zero-order chi connectivity index (χ0) is 13.8. The Morgan fingerprint density at radius 3 is 2.74 bits per heavy atom. The molecule has 0 aliphatic carbocycles. The molecule has 2 aromatic rings. The van der Waals surface area contributed by atoms with Crippen molar-refractivity contribution in [3.05, 3.63) is 29.6 Å². The molecule has 6 nitrogen and oxygen atoms in total. The van der Waals surface area contributed by atoms with Gasteiger partial charge in [-0.15, -0.1) is 0 Å². The Labute approximate surface area is 113 Å². The van der Waals surface area contributed by atoms with Crippen LogP contribution < -0.4 is 5.32 Å². The highest BCUT2D eigenvalue weighted by Crippen LogP contribution is 2.12. The predicted molar refractivity (Wildman–Crippen MR) is 73.7 cm³/mol. The third-order valence-electron chi connectivity index (χ3n) is 3.39. The van der Waals surface area contributed by atoms with Crippen molar-refractivity contribution in [2.24, 2.45) is 0 Å². The molecule has 1 unspecified atom stereocenters. The fourth-order valence-electron chi connectivity index (χ4n) is 2.25. The van der Waals surface area contributed by atoms with Gasteiger partial charge < -0.3 is 5.32 Å². The van der Waals surface area contributed by atoms with E-state index in [2.05, 4.69) is 52.9 Å². The van der Waals surface area contributed by atoms with Crippen LogP contribution in [-0.4, -0.2) is 30.6 Å². The number of hydrogen-bond donors (Lipinski definition) is 1. The molecule has 0 aliphatic rings. The predicted octanol–water partition coefficient (Wildman–Crippen LogP) is 1.29. The van der Waals surface area contributed by atoms with Crippen molar-refractivity contribution < 1.29 is 0 Å². The van der Waals surface area contributed by atoms with Crippen LogP contribution in [0.25, 0.3) is 0 Å². The zero-order valence-corrected chi connectivity index (χ0v) is 12.1. The van der Waals surface area contributed by atoms with Gasteiger partial charge in [0.1, 0.15) is 12.7 Å². The molecule has 0 aromatic carbocycles. The molecule has 1 atom stereocenters. The lowest BCUT2D eigenvalue weighted by atomic mass is 10.2. The molecule has 1 N–H and O–H groups in total. The second-order valence-electron chi connectivity index (χ2n) is 4.86. The average molecular weight is 262 g/mol. The SMILES string of the molecule is CCn1nc(C)c(CNC(C)Cn2cncn2)c1C. The van der Waals surface area contributed by atoms with E-state index in [4.69, 9.17) is 0 Å². The van der Waals surface area contributed by atoms with Gasteiger partial charge in [0.15, 0.2) is 0 Å². The standard InChI is InChI=1S/C13H22N6/c1-5-19-12(4)13(11(3)17-19)6-15-10(2)7-18-9-14-8-16-18/h8-10,15H,5-7H2,1-4H3. The number of nitrogens with one attached hydrogen (secondary N) is 1. The summed E-state index contributed by atoms with van der Waals surface area (Å²) in [5.74, 6) is 0. The summed E-state index contributed by atoms with van der Waals surface area (Å²) >= 11 is 0. The van der Waals surface area contributed by atoms with E-state index in [0.29, 0.717) is 6.04 Å². The molecule has 6 heteroatoms. The van der Waals surface area contributed by atoms with Crippen molar-refractivity contribution in [1.29, 1.82) is 0 Å². The zero-order valence-electron chi connectivity index (χ0n) is 12.1. The maximum absolute atomic E-state index is 4.53. The molecule has 0 saturated heterocycles. The summed E-state index contributed by atoms with van der Waals surface area (Å²) in [7, 11) is 0. The van der Waals surface area contributed by atoms with Crippen LogP contribution in [0.4, 0.5) is 0 Å². The molecular weight excluding hydrogens is 240 g/mol. The van der Waals surface area contributed by atoms with Crippen LogP contribution in [0.5, 0.6) is 0 Å². The van der Waals surface area contributed by atoms with E-state index in [1.54, 1.807) is 12.7 Å². The first-order valence-electron chi connectivity index (χ1n) is 6.70. The van der Waals surface area contributed by atoms with Crippen molar-refractivity contribution >= 4 is 0 Å². The quantitative estimate of drug-likeness (QED) is 0.852. The highest BCUT2D eigenvalue weighted by Gasteiger charge is 2.11. The van der Waals surface area contributed by atoms with Crippen molar-refractivity contribution in [2.45, 2.75) is 53.4 Å². The van der Waals surface area contributed by atoms with E-state index < -0.39 is 0 Å². The van der Waals surface area contributed by atoms with Crippen LogP contribution in [0, 0.1) is 13.8 Å². The van der Waals surface area contributed by atoms with E-state index in [9.17, 15) is 0 Å². The molecule has 2 rings (SSSR count). The second-order valence-corrected chi connectivity index (χ2v) is 4.86. The Balaban J connectivity index is 1.93. The molecule has 104 valence electrons. The maximum Gasteiger partial charge on any atom is 0.137 e. The fraction of sp³-hybridized carbons (Fsp3) is 0.615. The summed E-state index contributed by atoms with van der Waals surface area (Å²) in [6, 6.07) is 0.338. The molecular formula is C13H22N6. The summed E-state index contributed by atoms with van der Waals surface area (Å²) in [6.07, 6.45) is 3.30. The third-order valence-corrected chi connectivity index (χ3v) is 3.39. The second kappa shape index (κ2) is 5.97. The molecule has 0 spiro atoms. The summed E-state index contributed by atoms with van der Waals surface area (Å²) in [6.45, 7) is 11.0. The number of aryl methyl sites for hydroxylation is 2. The first kappa shape index (κ1) is 13.7. The van der Waals surface area contributed by atoms with Gasteiger partial charge in [0.2, 0.25) is 0 Å². The Kier molecular flexibility index (Phi) is 4.31. The molecule has 19 heavy (non-hydrogen) atoms. The highest BCUT2D eigenvalue weighted by atomic mass is 15.3. The Hall–Kier alpha value is -1.69. The van der Waals surface area contributed by atoms with Gasteiger partial charge in [0.05, 0.1) is 12.2 Å².